The number of aromatic hydroxyl groups is 1. The minimum atomic E-state index is -0.879. The third kappa shape index (κ3) is 3.74. The molecule has 1 rings (SSSR count). The van der Waals surface area contributed by atoms with Crippen LogP contribution in [0.5, 0.6) is 5.75 Å². The fourth-order valence-electron chi connectivity index (χ4n) is 1.33. The number of phenolic OH excluding ortho intramolecular Hbond substituents is 1. The fourth-order valence-corrected chi connectivity index (χ4v) is 1.33. The molecule has 0 atom stereocenters. The van der Waals surface area contributed by atoms with E-state index in [2.05, 4.69) is 5.32 Å². The van der Waals surface area contributed by atoms with E-state index >= 15 is 0 Å². The third-order valence-electron chi connectivity index (χ3n) is 2.07. The summed E-state index contributed by atoms with van der Waals surface area (Å²) in [7, 11) is 1.82. The highest BCUT2D eigenvalue weighted by Gasteiger charge is 2.03. The summed E-state index contributed by atoms with van der Waals surface area (Å²) < 4.78 is 0. The first kappa shape index (κ1) is 12.3. The van der Waals surface area contributed by atoms with Crippen LogP contribution in [-0.2, 0) is 11.2 Å². The number of hydrogen-bond donors (Lipinski definition) is 3. The molecule has 3 N–H and O–H groups in total. The van der Waals surface area contributed by atoms with Crippen molar-refractivity contribution in [2.75, 3.05) is 13.6 Å². The van der Waals surface area contributed by atoms with Crippen LogP contribution in [-0.4, -0.2) is 29.8 Å². The number of carbonyl (C=O) groups is 1. The lowest BCUT2D eigenvalue weighted by Crippen LogP contribution is -2.03. The molecule has 0 aliphatic rings. The van der Waals surface area contributed by atoms with Gasteiger partial charge in [0.2, 0.25) is 0 Å². The molecule has 0 fully saturated rings. The number of likely N-dealkylation sites (N-methyl/N-ethyl adjacent to an activating group) is 1. The van der Waals surface area contributed by atoms with E-state index in [4.69, 9.17) is 5.11 Å². The van der Waals surface area contributed by atoms with E-state index in [1.54, 1.807) is 18.2 Å². The molecule has 1 aromatic carbocycles. The van der Waals surface area contributed by atoms with E-state index in [0.717, 1.165) is 0 Å². The van der Waals surface area contributed by atoms with E-state index < -0.39 is 5.97 Å². The first-order chi connectivity index (χ1) is 7.63. The molecule has 0 saturated heterocycles. The van der Waals surface area contributed by atoms with Crippen LogP contribution in [0.1, 0.15) is 11.1 Å². The van der Waals surface area contributed by atoms with Crippen LogP contribution < -0.4 is 5.32 Å². The quantitative estimate of drug-likeness (QED) is 0.700. The minimum absolute atomic E-state index is 0.0346. The van der Waals surface area contributed by atoms with Crippen LogP contribution >= 0.6 is 0 Å². The second-order valence-corrected chi connectivity index (χ2v) is 3.42. The zero-order valence-corrected chi connectivity index (χ0v) is 9.10. The van der Waals surface area contributed by atoms with Gasteiger partial charge in [-0.2, -0.15) is 0 Å². The van der Waals surface area contributed by atoms with Gasteiger partial charge >= 0.3 is 5.97 Å². The topological polar surface area (TPSA) is 69.6 Å². The maximum absolute atomic E-state index is 10.5. The Bertz CT molecular complexity index is 399. The van der Waals surface area contributed by atoms with Crippen LogP contribution in [0.15, 0.2) is 24.3 Å². The van der Waals surface area contributed by atoms with Gasteiger partial charge in [-0.15, -0.1) is 0 Å². The molecule has 4 heteroatoms. The van der Waals surface area contributed by atoms with Crippen molar-refractivity contribution < 1.29 is 15.0 Å². The van der Waals surface area contributed by atoms with Crippen LogP contribution in [0.3, 0.4) is 0 Å². The predicted molar refractivity (Wildman–Crippen MR) is 62.4 cm³/mol. The Morgan fingerprint density at radius 1 is 1.50 bits per heavy atom. The summed E-state index contributed by atoms with van der Waals surface area (Å²) >= 11 is 0. The van der Waals surface area contributed by atoms with Crippen molar-refractivity contribution in [2.45, 2.75) is 6.42 Å². The number of carboxylic acids is 1. The molecule has 0 saturated carbocycles. The Hall–Kier alpha value is -1.81. The molecule has 0 unspecified atom stereocenters. The molecule has 0 radical (unpaired) electrons. The average Bonchev–Trinajstić information content (AvgIpc) is 2.22. The smallest absolute Gasteiger partial charge is 0.307 e. The molecular formula is C12H15NO3. The number of phenols is 1. The van der Waals surface area contributed by atoms with Gasteiger partial charge in [0.05, 0.1) is 6.42 Å². The molecule has 0 bridgehead atoms. The maximum Gasteiger partial charge on any atom is 0.307 e. The van der Waals surface area contributed by atoms with Crippen molar-refractivity contribution in [1.29, 1.82) is 0 Å². The monoisotopic (exact) mass is 221 g/mol. The number of hydrogen-bond acceptors (Lipinski definition) is 3. The minimum Gasteiger partial charge on any atom is -0.507 e. The summed E-state index contributed by atoms with van der Waals surface area (Å²) in [6.07, 6.45) is 3.59. The SMILES string of the molecule is CNCC=Cc1cc(CC(=O)O)ccc1O. The van der Waals surface area contributed by atoms with Crippen LogP contribution in [0.25, 0.3) is 6.08 Å². The molecule has 1 aromatic rings. The lowest BCUT2D eigenvalue weighted by atomic mass is 10.1. The zero-order chi connectivity index (χ0) is 12.0. The highest BCUT2D eigenvalue weighted by molar-refractivity contribution is 5.71. The standard InChI is InChI=1S/C12H15NO3/c1-13-6-2-3-10-7-9(8-12(15)16)4-5-11(10)14/h2-5,7,13-14H,6,8H2,1H3,(H,15,16). The van der Waals surface area contributed by atoms with Crippen molar-refractivity contribution >= 4 is 12.0 Å². The largest absolute Gasteiger partial charge is 0.507 e. The van der Waals surface area contributed by atoms with E-state index in [1.165, 1.54) is 6.07 Å². The molecule has 0 heterocycles. The van der Waals surface area contributed by atoms with Crippen molar-refractivity contribution in [2.24, 2.45) is 0 Å². The van der Waals surface area contributed by atoms with Gasteiger partial charge in [0, 0.05) is 12.1 Å². The number of rotatable bonds is 5. The van der Waals surface area contributed by atoms with E-state index in [9.17, 15) is 9.90 Å². The van der Waals surface area contributed by atoms with Gasteiger partial charge in [-0.25, -0.2) is 0 Å². The first-order valence-electron chi connectivity index (χ1n) is 4.98. The first-order valence-corrected chi connectivity index (χ1v) is 4.98. The Labute approximate surface area is 94.2 Å². The molecule has 4 nitrogen and oxygen atoms in total. The number of aliphatic carboxylic acids is 1. The van der Waals surface area contributed by atoms with Crippen LogP contribution in [0, 0.1) is 0 Å². The van der Waals surface area contributed by atoms with Gasteiger partial charge in [-0.3, -0.25) is 4.79 Å². The molecule has 0 spiro atoms. The number of benzene rings is 1. The Kier molecular flexibility index (Phi) is 4.54. The van der Waals surface area contributed by atoms with Crippen molar-refractivity contribution in [3.05, 3.63) is 35.4 Å². The van der Waals surface area contributed by atoms with Crippen LogP contribution in [0.4, 0.5) is 0 Å². The van der Waals surface area contributed by atoms with E-state index in [0.29, 0.717) is 17.7 Å². The highest BCUT2D eigenvalue weighted by Crippen LogP contribution is 2.20. The summed E-state index contributed by atoms with van der Waals surface area (Å²) in [5, 5.41) is 21.1. The van der Waals surface area contributed by atoms with Gasteiger partial charge in [0.1, 0.15) is 5.75 Å². The highest BCUT2D eigenvalue weighted by atomic mass is 16.4. The van der Waals surface area contributed by atoms with E-state index in [1.807, 2.05) is 13.1 Å². The Balaban J connectivity index is 2.85. The zero-order valence-electron chi connectivity index (χ0n) is 9.10. The van der Waals surface area contributed by atoms with Gasteiger partial charge in [0.15, 0.2) is 0 Å². The van der Waals surface area contributed by atoms with E-state index in [-0.39, 0.29) is 12.2 Å². The second-order valence-electron chi connectivity index (χ2n) is 3.42. The summed E-state index contributed by atoms with van der Waals surface area (Å²) in [6.45, 7) is 0.697. The predicted octanol–water partition coefficient (Wildman–Crippen LogP) is 1.25. The second kappa shape index (κ2) is 5.92. The lowest BCUT2D eigenvalue weighted by molar-refractivity contribution is -0.136. The lowest BCUT2D eigenvalue weighted by Gasteiger charge is -2.02. The van der Waals surface area contributed by atoms with Crippen molar-refractivity contribution in [1.82, 2.24) is 5.32 Å². The number of nitrogens with one attached hydrogen (secondary N) is 1. The average molecular weight is 221 g/mol. The third-order valence-corrected chi connectivity index (χ3v) is 2.07. The van der Waals surface area contributed by atoms with Gasteiger partial charge in [-0.1, -0.05) is 18.2 Å². The fraction of sp³-hybridized carbons (Fsp3) is 0.250. The van der Waals surface area contributed by atoms with Gasteiger partial charge in [-0.05, 0) is 24.7 Å². The molecule has 0 amide bonds. The summed E-state index contributed by atoms with van der Waals surface area (Å²) in [5.41, 5.74) is 1.31. The van der Waals surface area contributed by atoms with Crippen LogP contribution in [0.2, 0.25) is 0 Å². The summed E-state index contributed by atoms with van der Waals surface area (Å²) in [4.78, 5) is 10.5. The molecule has 0 aromatic heterocycles. The summed E-state index contributed by atoms with van der Waals surface area (Å²) in [6, 6.07) is 4.80. The van der Waals surface area contributed by atoms with Crippen molar-refractivity contribution in [3.63, 3.8) is 0 Å². The Morgan fingerprint density at radius 3 is 2.88 bits per heavy atom. The molecule has 0 aliphatic heterocycles. The Morgan fingerprint density at radius 2 is 2.25 bits per heavy atom. The molecule has 0 aliphatic carbocycles. The van der Waals surface area contributed by atoms with Gasteiger partial charge < -0.3 is 15.5 Å². The normalized spacial score (nSPS) is 10.8. The molecular weight excluding hydrogens is 206 g/mol. The van der Waals surface area contributed by atoms with Crippen molar-refractivity contribution in [3.8, 4) is 5.75 Å². The maximum atomic E-state index is 10.5. The molecule has 16 heavy (non-hydrogen) atoms. The summed E-state index contributed by atoms with van der Waals surface area (Å²) in [5.74, 6) is -0.725. The number of carboxylic acid groups (broad SMARTS) is 1. The molecule has 86 valence electrons. The van der Waals surface area contributed by atoms with Gasteiger partial charge in [0.25, 0.3) is 0 Å².